The Hall–Kier alpha value is -2.75. The Kier molecular flexibility index (Phi) is 6.88. The fourth-order valence-electron chi connectivity index (χ4n) is 3.21. The number of aryl methyl sites for hydroxylation is 1. The average Bonchev–Trinajstić information content (AvgIpc) is 3.28. The molecule has 1 aromatic heterocycles. The number of fused-ring (bicyclic) bond motifs is 1. The van der Waals surface area contributed by atoms with Crippen LogP contribution in [0.4, 0.5) is 5.13 Å². The van der Waals surface area contributed by atoms with Gasteiger partial charge in [0.2, 0.25) is 5.91 Å². The van der Waals surface area contributed by atoms with Gasteiger partial charge >= 0.3 is 0 Å². The highest BCUT2D eigenvalue weighted by Crippen LogP contribution is 2.33. The van der Waals surface area contributed by atoms with Crippen molar-refractivity contribution in [2.24, 2.45) is 0 Å². The lowest BCUT2D eigenvalue weighted by molar-refractivity contribution is -0.122. The fourth-order valence-corrected chi connectivity index (χ4v) is 5.50. The van der Waals surface area contributed by atoms with E-state index in [1.165, 1.54) is 23.1 Å². The zero-order valence-electron chi connectivity index (χ0n) is 17.6. The van der Waals surface area contributed by atoms with E-state index in [2.05, 4.69) is 16.4 Å². The van der Waals surface area contributed by atoms with E-state index in [0.29, 0.717) is 27.3 Å². The normalized spacial score (nSPS) is 15.1. The molecule has 0 spiro atoms. The molecule has 0 atom stereocenters. The zero-order chi connectivity index (χ0) is 22.7. The van der Waals surface area contributed by atoms with Crippen LogP contribution in [0.5, 0.6) is 5.75 Å². The average molecular weight is 484 g/mol. The zero-order valence-corrected chi connectivity index (χ0v) is 20.0. The van der Waals surface area contributed by atoms with Gasteiger partial charge < -0.3 is 10.1 Å². The number of benzene rings is 2. The summed E-state index contributed by atoms with van der Waals surface area (Å²) < 4.78 is 6.71. The summed E-state index contributed by atoms with van der Waals surface area (Å²) in [6.45, 7) is 2.43. The second-order valence-electron chi connectivity index (χ2n) is 7.25. The van der Waals surface area contributed by atoms with Gasteiger partial charge in [-0.3, -0.25) is 14.5 Å². The molecule has 0 bridgehead atoms. The predicted octanol–water partition coefficient (Wildman–Crippen LogP) is 5.23. The minimum Gasteiger partial charge on any atom is -0.497 e. The van der Waals surface area contributed by atoms with Crippen molar-refractivity contribution in [3.63, 3.8) is 0 Å². The van der Waals surface area contributed by atoms with Gasteiger partial charge in [0, 0.05) is 13.0 Å². The van der Waals surface area contributed by atoms with Gasteiger partial charge in [0.05, 0.1) is 22.2 Å². The van der Waals surface area contributed by atoms with Crippen LogP contribution in [0.2, 0.25) is 0 Å². The maximum atomic E-state index is 12.8. The van der Waals surface area contributed by atoms with Gasteiger partial charge in [0.1, 0.15) is 10.1 Å². The second kappa shape index (κ2) is 9.81. The summed E-state index contributed by atoms with van der Waals surface area (Å²) in [5.74, 6) is 0.506. The van der Waals surface area contributed by atoms with Gasteiger partial charge in [-0.2, -0.15) is 0 Å². The van der Waals surface area contributed by atoms with Crippen LogP contribution in [-0.2, 0) is 9.59 Å². The van der Waals surface area contributed by atoms with Gasteiger partial charge in [0.25, 0.3) is 5.91 Å². The molecular formula is C23H21N3O3S3. The number of methoxy groups -OCH3 is 1. The lowest BCUT2D eigenvalue weighted by Gasteiger charge is -2.13. The van der Waals surface area contributed by atoms with Crippen LogP contribution in [0.15, 0.2) is 47.4 Å². The molecule has 32 heavy (non-hydrogen) atoms. The minimum absolute atomic E-state index is 0.125. The van der Waals surface area contributed by atoms with E-state index in [1.54, 1.807) is 12.0 Å². The third-order valence-electron chi connectivity index (χ3n) is 4.86. The number of carbonyl (C=O) groups excluding carboxylic acids is 2. The number of ether oxygens (including phenoxy) is 1. The highest BCUT2D eigenvalue weighted by Gasteiger charge is 2.31. The molecule has 2 heterocycles. The molecule has 2 amide bonds. The first-order valence-electron chi connectivity index (χ1n) is 9.99. The lowest BCUT2D eigenvalue weighted by atomic mass is 10.2. The van der Waals surface area contributed by atoms with Crippen LogP contribution < -0.4 is 10.1 Å². The van der Waals surface area contributed by atoms with Crippen molar-refractivity contribution in [2.75, 3.05) is 19.0 Å². The molecule has 1 saturated heterocycles. The smallest absolute Gasteiger partial charge is 0.266 e. The highest BCUT2D eigenvalue weighted by atomic mass is 32.2. The Morgan fingerprint density at radius 2 is 2.03 bits per heavy atom. The van der Waals surface area contributed by atoms with Crippen LogP contribution in [0.3, 0.4) is 0 Å². The van der Waals surface area contributed by atoms with E-state index in [1.807, 2.05) is 49.4 Å². The van der Waals surface area contributed by atoms with E-state index in [9.17, 15) is 9.59 Å². The maximum absolute atomic E-state index is 12.8. The van der Waals surface area contributed by atoms with E-state index in [4.69, 9.17) is 17.0 Å². The Morgan fingerprint density at radius 1 is 1.25 bits per heavy atom. The molecule has 1 aliphatic rings. The summed E-state index contributed by atoms with van der Waals surface area (Å²) in [6, 6.07) is 13.5. The molecule has 2 aromatic carbocycles. The quantitative estimate of drug-likeness (QED) is 0.366. The van der Waals surface area contributed by atoms with Crippen molar-refractivity contribution in [2.45, 2.75) is 19.8 Å². The molecule has 0 radical (unpaired) electrons. The maximum Gasteiger partial charge on any atom is 0.266 e. The first-order valence-corrected chi connectivity index (χ1v) is 12.0. The first-order chi connectivity index (χ1) is 15.4. The molecule has 164 valence electrons. The molecule has 1 fully saturated rings. The number of thiocarbonyl (C=S) groups is 1. The second-order valence-corrected chi connectivity index (χ2v) is 9.95. The number of hydrogen-bond acceptors (Lipinski definition) is 7. The van der Waals surface area contributed by atoms with Gasteiger partial charge in [0.15, 0.2) is 5.13 Å². The topological polar surface area (TPSA) is 71.5 Å². The number of rotatable bonds is 7. The first kappa shape index (κ1) is 22.4. The fraction of sp³-hybridized carbons (Fsp3) is 0.217. The Morgan fingerprint density at radius 3 is 2.78 bits per heavy atom. The van der Waals surface area contributed by atoms with Crippen LogP contribution in [0.25, 0.3) is 16.3 Å². The van der Waals surface area contributed by atoms with Crippen molar-refractivity contribution in [3.8, 4) is 5.75 Å². The van der Waals surface area contributed by atoms with Gasteiger partial charge in [-0.15, -0.1) is 0 Å². The number of nitrogens with zero attached hydrogens (tertiary/aromatic N) is 2. The third kappa shape index (κ3) is 5.17. The summed E-state index contributed by atoms with van der Waals surface area (Å²) >= 11 is 8.12. The van der Waals surface area contributed by atoms with Crippen molar-refractivity contribution in [3.05, 3.63) is 58.5 Å². The van der Waals surface area contributed by atoms with E-state index < -0.39 is 0 Å². The monoisotopic (exact) mass is 483 g/mol. The van der Waals surface area contributed by atoms with E-state index >= 15 is 0 Å². The van der Waals surface area contributed by atoms with Crippen LogP contribution in [0, 0.1) is 6.92 Å². The molecule has 0 saturated carbocycles. The predicted molar refractivity (Wildman–Crippen MR) is 135 cm³/mol. The summed E-state index contributed by atoms with van der Waals surface area (Å²) in [5.41, 5.74) is 2.93. The standard InChI is InChI=1S/C23H21N3O3S3/c1-14-5-10-17-18(12-14)31-22(24-17)25-20(27)4-3-11-26-21(28)19(32-23(26)30)13-15-6-8-16(29-2)9-7-15/h5-10,12-13H,3-4,11H2,1-2H3,(H,24,25,27)/b19-13-. The van der Waals surface area contributed by atoms with Crippen LogP contribution >= 0.6 is 35.3 Å². The molecule has 0 aliphatic carbocycles. The van der Waals surface area contributed by atoms with Crippen molar-refractivity contribution in [1.29, 1.82) is 0 Å². The van der Waals surface area contributed by atoms with Crippen LogP contribution in [-0.4, -0.2) is 39.7 Å². The van der Waals surface area contributed by atoms with Gasteiger partial charge in [-0.25, -0.2) is 4.98 Å². The third-order valence-corrected chi connectivity index (χ3v) is 7.17. The molecule has 1 aliphatic heterocycles. The summed E-state index contributed by atoms with van der Waals surface area (Å²) in [4.78, 5) is 31.7. The van der Waals surface area contributed by atoms with Gasteiger partial charge in [-0.05, 0) is 54.8 Å². The summed E-state index contributed by atoms with van der Waals surface area (Å²) in [5, 5.41) is 3.44. The summed E-state index contributed by atoms with van der Waals surface area (Å²) in [7, 11) is 1.61. The minimum atomic E-state index is -0.127. The Bertz CT molecular complexity index is 1220. The highest BCUT2D eigenvalue weighted by molar-refractivity contribution is 8.26. The Labute approximate surface area is 199 Å². The number of thioether (sulfide) groups is 1. The Balaban J connectivity index is 1.30. The van der Waals surface area contributed by atoms with E-state index in [-0.39, 0.29) is 18.2 Å². The molecule has 4 rings (SSSR count). The summed E-state index contributed by atoms with van der Waals surface area (Å²) in [6.07, 6.45) is 2.61. The van der Waals surface area contributed by atoms with Crippen molar-refractivity contribution < 1.29 is 14.3 Å². The lowest BCUT2D eigenvalue weighted by Crippen LogP contribution is -2.29. The van der Waals surface area contributed by atoms with Crippen LogP contribution in [0.1, 0.15) is 24.0 Å². The molecule has 0 unspecified atom stereocenters. The van der Waals surface area contributed by atoms with Crippen molar-refractivity contribution >= 4 is 72.9 Å². The number of anilines is 1. The molecule has 9 heteroatoms. The number of carbonyl (C=O) groups is 2. The molecule has 1 N–H and O–H groups in total. The number of hydrogen-bond donors (Lipinski definition) is 1. The number of aromatic nitrogens is 1. The molecule has 3 aromatic rings. The largest absolute Gasteiger partial charge is 0.497 e. The van der Waals surface area contributed by atoms with Gasteiger partial charge in [-0.1, -0.05) is 53.5 Å². The SMILES string of the molecule is COc1ccc(/C=C2\SC(=S)N(CCCC(=O)Nc3nc4ccc(C)cc4s3)C2=O)cc1. The number of nitrogens with one attached hydrogen (secondary N) is 1. The van der Waals surface area contributed by atoms with Crippen molar-refractivity contribution in [1.82, 2.24) is 9.88 Å². The molecular weight excluding hydrogens is 462 g/mol. The number of thiazole rings is 1. The van der Waals surface area contributed by atoms with E-state index in [0.717, 1.165) is 27.1 Å². The molecule has 6 nitrogen and oxygen atoms in total. The number of amides is 2.